The Morgan fingerprint density at radius 3 is 2.59 bits per heavy atom. The molecule has 0 atom stereocenters. The van der Waals surface area contributed by atoms with Gasteiger partial charge in [0.1, 0.15) is 11.5 Å². The number of fused-ring (bicyclic) bond motifs is 3. The van der Waals surface area contributed by atoms with Crippen molar-refractivity contribution in [2.75, 3.05) is 33.7 Å². The first-order chi connectivity index (χ1) is 16.1. The van der Waals surface area contributed by atoms with Gasteiger partial charge < -0.3 is 14.6 Å². The summed E-state index contributed by atoms with van der Waals surface area (Å²) >= 11 is 11.7. The van der Waals surface area contributed by atoms with Crippen LogP contribution in [-0.4, -0.2) is 65.0 Å². The summed E-state index contributed by atoms with van der Waals surface area (Å²) < 4.78 is 7.75. The van der Waals surface area contributed by atoms with Gasteiger partial charge in [0.25, 0.3) is 5.91 Å². The SMILES string of the molecule is CN(C)CCCNC(=O)CC(C)(C)CN1C(=O)c2cc3oc(-c4ccc(Cl)cc4)cc3n2C1=S. The highest BCUT2D eigenvalue weighted by Gasteiger charge is 2.39. The highest BCUT2D eigenvalue weighted by molar-refractivity contribution is 7.80. The third kappa shape index (κ3) is 5.04. The van der Waals surface area contributed by atoms with E-state index in [0.717, 1.165) is 24.0 Å². The van der Waals surface area contributed by atoms with E-state index < -0.39 is 5.41 Å². The number of furan rings is 1. The van der Waals surface area contributed by atoms with Gasteiger partial charge in [0.15, 0.2) is 10.7 Å². The number of halogens is 1. The molecule has 0 bridgehead atoms. The molecule has 0 aliphatic carbocycles. The summed E-state index contributed by atoms with van der Waals surface area (Å²) in [6, 6.07) is 11.0. The zero-order chi connectivity index (χ0) is 24.6. The zero-order valence-corrected chi connectivity index (χ0v) is 21.4. The fourth-order valence-electron chi connectivity index (χ4n) is 4.20. The normalized spacial score (nSPS) is 13.9. The van der Waals surface area contributed by atoms with Crippen molar-refractivity contribution < 1.29 is 14.0 Å². The minimum Gasteiger partial charge on any atom is -0.454 e. The Morgan fingerprint density at radius 2 is 1.91 bits per heavy atom. The molecule has 0 spiro atoms. The van der Waals surface area contributed by atoms with Crippen LogP contribution < -0.4 is 5.32 Å². The maximum atomic E-state index is 13.2. The van der Waals surface area contributed by atoms with Gasteiger partial charge in [-0.1, -0.05) is 25.4 Å². The Labute approximate surface area is 209 Å². The number of carbonyl (C=O) groups excluding carboxylic acids is 2. The second-order valence-corrected chi connectivity index (χ2v) is 10.6. The van der Waals surface area contributed by atoms with Crippen LogP contribution in [0.5, 0.6) is 0 Å². The van der Waals surface area contributed by atoms with E-state index in [-0.39, 0.29) is 11.8 Å². The van der Waals surface area contributed by atoms with Gasteiger partial charge in [0.2, 0.25) is 5.91 Å². The molecule has 0 unspecified atom stereocenters. The predicted molar refractivity (Wildman–Crippen MR) is 138 cm³/mol. The third-order valence-electron chi connectivity index (χ3n) is 5.83. The fourth-order valence-corrected chi connectivity index (χ4v) is 4.67. The number of carbonyl (C=O) groups is 2. The first kappa shape index (κ1) is 24.4. The zero-order valence-electron chi connectivity index (χ0n) is 19.9. The van der Waals surface area contributed by atoms with Gasteiger partial charge in [-0.05, 0) is 69.0 Å². The van der Waals surface area contributed by atoms with Gasteiger partial charge >= 0.3 is 0 Å². The summed E-state index contributed by atoms with van der Waals surface area (Å²) in [5.74, 6) is 0.478. The largest absolute Gasteiger partial charge is 0.454 e. The first-order valence-corrected chi connectivity index (χ1v) is 12.0. The standard InChI is InChI=1S/C25H29ClN4O3S/c1-25(2,14-22(31)27-10-5-11-28(3)4)15-29-23(32)19-13-21-18(30(19)24(29)34)12-20(33-21)16-6-8-17(26)9-7-16/h6-9,12-13H,5,10-11,14-15H2,1-4H3,(H,27,31). The van der Waals surface area contributed by atoms with Crippen LogP contribution in [0.2, 0.25) is 5.02 Å². The number of thiocarbonyl (C=S) groups is 1. The van der Waals surface area contributed by atoms with Crippen molar-refractivity contribution >= 4 is 51.8 Å². The van der Waals surface area contributed by atoms with Crippen LogP contribution in [0.25, 0.3) is 22.4 Å². The predicted octanol–water partition coefficient (Wildman–Crippen LogP) is 4.63. The molecule has 9 heteroatoms. The van der Waals surface area contributed by atoms with Crippen molar-refractivity contribution in [2.24, 2.45) is 5.41 Å². The average molecular weight is 501 g/mol. The van der Waals surface area contributed by atoms with Gasteiger partial charge in [-0.3, -0.25) is 19.1 Å². The van der Waals surface area contributed by atoms with E-state index in [1.54, 1.807) is 27.7 Å². The lowest BCUT2D eigenvalue weighted by Crippen LogP contribution is -2.41. The highest BCUT2D eigenvalue weighted by atomic mass is 35.5. The molecule has 180 valence electrons. The number of amides is 2. The Bertz CT molecular complexity index is 1240. The van der Waals surface area contributed by atoms with Crippen LogP contribution in [0.4, 0.5) is 0 Å². The van der Waals surface area contributed by atoms with E-state index in [2.05, 4.69) is 10.2 Å². The van der Waals surface area contributed by atoms with E-state index >= 15 is 0 Å². The maximum Gasteiger partial charge on any atom is 0.277 e. The number of hydrogen-bond acceptors (Lipinski definition) is 5. The van der Waals surface area contributed by atoms with Crippen molar-refractivity contribution in [3.05, 3.63) is 47.1 Å². The summed E-state index contributed by atoms with van der Waals surface area (Å²) in [5.41, 5.74) is 2.27. The lowest BCUT2D eigenvalue weighted by atomic mass is 9.88. The molecule has 2 amide bonds. The quantitative estimate of drug-likeness (QED) is 0.342. The number of benzene rings is 1. The maximum absolute atomic E-state index is 13.2. The van der Waals surface area contributed by atoms with Crippen molar-refractivity contribution in [3.63, 3.8) is 0 Å². The van der Waals surface area contributed by atoms with Crippen LogP contribution in [0, 0.1) is 5.41 Å². The molecule has 0 saturated carbocycles. The van der Waals surface area contributed by atoms with Crippen molar-refractivity contribution in [1.82, 2.24) is 19.7 Å². The molecule has 34 heavy (non-hydrogen) atoms. The molecular weight excluding hydrogens is 472 g/mol. The van der Waals surface area contributed by atoms with Crippen LogP contribution in [0.15, 0.2) is 40.8 Å². The van der Waals surface area contributed by atoms with E-state index in [9.17, 15) is 9.59 Å². The molecule has 0 saturated heterocycles. The van der Waals surface area contributed by atoms with Crippen LogP contribution in [0.3, 0.4) is 0 Å². The topological polar surface area (TPSA) is 70.7 Å². The number of nitrogens with one attached hydrogen (secondary N) is 1. The number of hydrogen-bond donors (Lipinski definition) is 1. The Kier molecular flexibility index (Phi) is 6.85. The molecule has 2 aromatic heterocycles. The van der Waals surface area contributed by atoms with E-state index in [1.165, 1.54) is 0 Å². The van der Waals surface area contributed by atoms with Crippen LogP contribution in [0.1, 0.15) is 37.2 Å². The van der Waals surface area contributed by atoms with Crippen LogP contribution >= 0.6 is 23.8 Å². The molecule has 4 rings (SSSR count). The molecule has 0 fully saturated rings. The summed E-state index contributed by atoms with van der Waals surface area (Å²) in [6.45, 7) is 5.85. The Morgan fingerprint density at radius 1 is 1.21 bits per heavy atom. The lowest BCUT2D eigenvalue weighted by Gasteiger charge is -2.29. The number of rotatable bonds is 9. The summed E-state index contributed by atoms with van der Waals surface area (Å²) in [6.07, 6.45) is 1.19. The van der Waals surface area contributed by atoms with E-state index in [0.29, 0.717) is 46.7 Å². The van der Waals surface area contributed by atoms with Gasteiger partial charge in [0.05, 0.1) is 5.52 Å². The highest BCUT2D eigenvalue weighted by Crippen LogP contribution is 2.35. The van der Waals surface area contributed by atoms with Crippen molar-refractivity contribution in [1.29, 1.82) is 0 Å². The smallest absolute Gasteiger partial charge is 0.277 e. The summed E-state index contributed by atoms with van der Waals surface area (Å²) in [5, 5.41) is 4.02. The molecule has 1 aliphatic heterocycles. The average Bonchev–Trinajstić information content (AvgIpc) is 3.38. The van der Waals surface area contributed by atoms with Gasteiger partial charge in [-0.15, -0.1) is 0 Å². The second-order valence-electron chi connectivity index (χ2n) is 9.75. The molecule has 1 aliphatic rings. The van der Waals surface area contributed by atoms with Gasteiger partial charge in [0, 0.05) is 42.2 Å². The van der Waals surface area contributed by atoms with Gasteiger partial charge in [-0.2, -0.15) is 0 Å². The fraction of sp³-hybridized carbons (Fsp3) is 0.400. The molecule has 0 radical (unpaired) electrons. The molecule has 3 heterocycles. The molecule has 7 nitrogen and oxygen atoms in total. The monoisotopic (exact) mass is 500 g/mol. The second kappa shape index (κ2) is 9.52. The molecule has 1 aromatic carbocycles. The number of aromatic nitrogens is 1. The Hall–Kier alpha value is -2.68. The van der Waals surface area contributed by atoms with E-state index in [1.807, 2.05) is 46.1 Å². The lowest BCUT2D eigenvalue weighted by molar-refractivity contribution is -0.123. The summed E-state index contributed by atoms with van der Waals surface area (Å²) in [7, 11) is 4.01. The molecule has 3 aromatic rings. The third-order valence-corrected chi connectivity index (χ3v) is 6.49. The Balaban J connectivity index is 1.46. The molecular formula is C25H29ClN4O3S. The van der Waals surface area contributed by atoms with Crippen molar-refractivity contribution in [3.8, 4) is 11.3 Å². The summed E-state index contributed by atoms with van der Waals surface area (Å²) in [4.78, 5) is 29.3. The first-order valence-electron chi connectivity index (χ1n) is 11.2. The van der Waals surface area contributed by atoms with Crippen molar-refractivity contribution in [2.45, 2.75) is 26.7 Å². The number of nitrogens with zero attached hydrogens (tertiary/aromatic N) is 3. The molecule has 1 N–H and O–H groups in total. The van der Waals surface area contributed by atoms with E-state index in [4.69, 9.17) is 28.2 Å². The van der Waals surface area contributed by atoms with Crippen LogP contribution in [-0.2, 0) is 4.79 Å². The minimum atomic E-state index is -0.445. The van der Waals surface area contributed by atoms with Gasteiger partial charge in [-0.25, -0.2) is 0 Å². The minimum absolute atomic E-state index is 0.0224.